The third-order valence-electron chi connectivity index (χ3n) is 3.52. The van der Waals surface area contributed by atoms with Gasteiger partial charge < -0.3 is 26.0 Å². The molecule has 0 aromatic heterocycles. The zero-order chi connectivity index (χ0) is 18.5. The fraction of sp³-hybridized carbons (Fsp3) is 0.812. The maximum atomic E-state index is 11.9. The molecule has 25 heavy (non-hydrogen) atoms. The van der Waals surface area contributed by atoms with E-state index in [9.17, 15) is 9.59 Å². The minimum atomic E-state index is -0.704. The van der Waals surface area contributed by atoms with E-state index in [1.54, 1.807) is 18.7 Å². The fourth-order valence-corrected chi connectivity index (χ4v) is 1.91. The molecule has 1 fully saturated rings. The van der Waals surface area contributed by atoms with Crippen LogP contribution in [0.15, 0.2) is 4.99 Å². The first-order valence-corrected chi connectivity index (χ1v) is 8.27. The number of nitrogens with one attached hydrogen (secondary N) is 2. The summed E-state index contributed by atoms with van der Waals surface area (Å²) in [6.45, 7) is 13.1. The van der Waals surface area contributed by atoms with Crippen molar-refractivity contribution < 1.29 is 14.3 Å². The predicted octanol–water partition coefficient (Wildman–Crippen LogP) is 1.29. The van der Waals surface area contributed by atoms with Crippen molar-refractivity contribution in [3.8, 4) is 0 Å². The molecule has 1 heterocycles. The Morgan fingerprint density at radius 3 is 2.24 bits per heavy atom. The van der Waals surface area contributed by atoms with Crippen LogP contribution in [0.4, 0.5) is 4.79 Å². The minimum Gasteiger partial charge on any atom is -0.444 e. The molecule has 1 rings (SSSR count). The molecule has 0 saturated carbocycles. The molecule has 2 amide bonds. The number of primary amides is 1. The number of carbonyl (C=O) groups is 2. The van der Waals surface area contributed by atoms with Gasteiger partial charge in [-0.2, -0.15) is 0 Å². The van der Waals surface area contributed by atoms with E-state index in [1.165, 1.54) is 0 Å². The highest BCUT2D eigenvalue weighted by molar-refractivity contribution is 14.0. The van der Waals surface area contributed by atoms with Crippen LogP contribution in [0, 0.1) is 5.41 Å². The van der Waals surface area contributed by atoms with Crippen LogP contribution in [0.5, 0.6) is 0 Å². The Hall–Kier alpha value is -1.26. The molecular formula is C16H32IN5O3. The number of aliphatic imine (C=N–C) groups is 1. The molecule has 0 aromatic rings. The van der Waals surface area contributed by atoms with Gasteiger partial charge in [0.15, 0.2) is 5.96 Å². The zero-order valence-corrected chi connectivity index (χ0v) is 18.3. The maximum absolute atomic E-state index is 11.9. The average molecular weight is 469 g/mol. The van der Waals surface area contributed by atoms with Crippen LogP contribution in [0.25, 0.3) is 0 Å². The highest BCUT2D eigenvalue weighted by Crippen LogP contribution is 2.16. The summed E-state index contributed by atoms with van der Waals surface area (Å²) in [4.78, 5) is 29.3. The fourth-order valence-electron chi connectivity index (χ4n) is 1.91. The van der Waals surface area contributed by atoms with E-state index in [0.717, 1.165) is 0 Å². The van der Waals surface area contributed by atoms with E-state index in [0.29, 0.717) is 32.1 Å². The lowest BCUT2D eigenvalue weighted by molar-refractivity contribution is -0.125. The number of halogens is 1. The minimum absolute atomic E-state index is 0. The van der Waals surface area contributed by atoms with E-state index >= 15 is 0 Å². The molecule has 0 bridgehead atoms. The molecule has 1 aliphatic rings. The van der Waals surface area contributed by atoms with Crippen LogP contribution in [0.1, 0.15) is 41.5 Å². The summed E-state index contributed by atoms with van der Waals surface area (Å²) >= 11 is 0. The Balaban J connectivity index is 0.00000576. The second-order valence-electron chi connectivity index (χ2n) is 7.67. The van der Waals surface area contributed by atoms with Crippen molar-refractivity contribution in [2.75, 3.05) is 26.2 Å². The Kier molecular flexibility index (Phi) is 8.97. The molecule has 4 N–H and O–H groups in total. The normalized spacial score (nSPS) is 15.8. The Bertz CT molecular complexity index is 496. The molecule has 1 aliphatic heterocycles. The van der Waals surface area contributed by atoms with Gasteiger partial charge in [-0.15, -0.1) is 24.0 Å². The van der Waals surface area contributed by atoms with Gasteiger partial charge in [0.05, 0.1) is 18.0 Å². The van der Waals surface area contributed by atoms with Gasteiger partial charge in [0, 0.05) is 19.6 Å². The largest absolute Gasteiger partial charge is 0.444 e. The molecule has 0 aromatic carbocycles. The first-order valence-electron chi connectivity index (χ1n) is 8.27. The second kappa shape index (κ2) is 9.44. The molecule has 0 radical (unpaired) electrons. The summed E-state index contributed by atoms with van der Waals surface area (Å²) in [5.41, 5.74) is 4.17. The average Bonchev–Trinajstić information content (AvgIpc) is 2.37. The van der Waals surface area contributed by atoms with Gasteiger partial charge in [-0.05, 0) is 41.5 Å². The summed E-state index contributed by atoms with van der Waals surface area (Å²) in [6.07, 6.45) is -0.308. The van der Waals surface area contributed by atoms with Gasteiger partial charge >= 0.3 is 6.09 Å². The van der Waals surface area contributed by atoms with Crippen molar-refractivity contribution >= 4 is 41.9 Å². The van der Waals surface area contributed by atoms with Crippen LogP contribution in [0.2, 0.25) is 0 Å². The number of amides is 2. The van der Waals surface area contributed by atoms with Crippen molar-refractivity contribution in [3.63, 3.8) is 0 Å². The van der Waals surface area contributed by atoms with E-state index in [4.69, 9.17) is 10.5 Å². The van der Waals surface area contributed by atoms with Gasteiger partial charge in [0.25, 0.3) is 0 Å². The molecule has 146 valence electrons. The number of rotatable bonds is 5. The van der Waals surface area contributed by atoms with E-state index < -0.39 is 11.0 Å². The molecule has 0 spiro atoms. The summed E-state index contributed by atoms with van der Waals surface area (Å²) in [7, 11) is 0. The third-order valence-corrected chi connectivity index (χ3v) is 3.52. The van der Waals surface area contributed by atoms with E-state index in [2.05, 4.69) is 15.6 Å². The summed E-state index contributed by atoms with van der Waals surface area (Å²) in [5.74, 6) is 0.225. The molecule has 9 heteroatoms. The topological polar surface area (TPSA) is 109 Å². The Morgan fingerprint density at radius 2 is 1.80 bits per heavy atom. The number of guanidine groups is 1. The molecule has 0 aliphatic carbocycles. The Labute approximate surface area is 167 Å². The molecular weight excluding hydrogens is 437 g/mol. The van der Waals surface area contributed by atoms with Crippen molar-refractivity contribution in [3.05, 3.63) is 0 Å². The number of nitrogens with zero attached hydrogens (tertiary/aromatic N) is 2. The number of ether oxygens (including phenoxy) is 1. The van der Waals surface area contributed by atoms with Crippen molar-refractivity contribution in [2.24, 2.45) is 16.1 Å². The Morgan fingerprint density at radius 1 is 1.24 bits per heavy atom. The van der Waals surface area contributed by atoms with Crippen molar-refractivity contribution in [1.29, 1.82) is 0 Å². The molecule has 0 unspecified atom stereocenters. The smallest absolute Gasteiger partial charge is 0.410 e. The summed E-state index contributed by atoms with van der Waals surface area (Å²) in [5, 5.41) is 6.38. The standard InChI is InChI=1S/C16H31N5O3.HI/c1-7-18-13(19-10-16(5,6)12(17)22)20-11-8-21(9-11)14(23)24-15(2,3)4;/h11H,7-10H2,1-6H3,(H2,17,22)(H2,18,19,20);1H. The van der Waals surface area contributed by atoms with Gasteiger partial charge in [-0.1, -0.05) is 0 Å². The predicted molar refractivity (Wildman–Crippen MR) is 109 cm³/mol. The number of hydrogen-bond donors (Lipinski definition) is 3. The highest BCUT2D eigenvalue weighted by Gasteiger charge is 2.34. The van der Waals surface area contributed by atoms with Gasteiger partial charge in [0.2, 0.25) is 5.91 Å². The lowest BCUT2D eigenvalue weighted by Crippen LogP contribution is -2.63. The lowest BCUT2D eigenvalue weighted by Gasteiger charge is -2.40. The van der Waals surface area contributed by atoms with Crippen LogP contribution in [-0.4, -0.2) is 60.7 Å². The van der Waals surface area contributed by atoms with Crippen molar-refractivity contribution in [1.82, 2.24) is 15.5 Å². The number of likely N-dealkylation sites (tertiary alicyclic amines) is 1. The van der Waals surface area contributed by atoms with Crippen LogP contribution >= 0.6 is 24.0 Å². The highest BCUT2D eigenvalue weighted by atomic mass is 127. The third kappa shape index (κ3) is 8.10. The van der Waals surface area contributed by atoms with Gasteiger partial charge in [0.1, 0.15) is 5.60 Å². The van der Waals surface area contributed by atoms with Crippen LogP contribution in [-0.2, 0) is 9.53 Å². The van der Waals surface area contributed by atoms with E-state index in [1.807, 2.05) is 27.7 Å². The molecule has 0 atom stereocenters. The molecule has 8 nitrogen and oxygen atoms in total. The first-order chi connectivity index (χ1) is 10.9. The van der Waals surface area contributed by atoms with Crippen molar-refractivity contribution in [2.45, 2.75) is 53.2 Å². The molecule has 1 saturated heterocycles. The van der Waals surface area contributed by atoms with Gasteiger partial charge in [-0.25, -0.2) is 4.79 Å². The van der Waals surface area contributed by atoms with Crippen LogP contribution < -0.4 is 16.4 Å². The number of hydrogen-bond acceptors (Lipinski definition) is 4. The number of nitrogens with two attached hydrogens (primary N) is 1. The summed E-state index contributed by atoms with van der Waals surface area (Å²) in [6, 6.07) is 0.104. The first kappa shape index (κ1) is 23.7. The van der Waals surface area contributed by atoms with E-state index in [-0.39, 0.29) is 42.0 Å². The zero-order valence-electron chi connectivity index (χ0n) is 16.0. The van der Waals surface area contributed by atoms with Crippen LogP contribution in [0.3, 0.4) is 0 Å². The lowest BCUT2D eigenvalue weighted by atomic mass is 9.93. The monoisotopic (exact) mass is 469 g/mol. The SMILES string of the molecule is CCNC(=NCC(C)(C)C(N)=O)NC1CN(C(=O)OC(C)(C)C)C1.I. The van der Waals surface area contributed by atoms with Gasteiger partial charge in [-0.3, -0.25) is 9.79 Å². The number of carbonyl (C=O) groups excluding carboxylic acids is 2. The quantitative estimate of drug-likeness (QED) is 0.320. The maximum Gasteiger partial charge on any atom is 0.410 e. The summed E-state index contributed by atoms with van der Waals surface area (Å²) < 4.78 is 5.32. The second-order valence-corrected chi connectivity index (χ2v) is 7.67.